The number of pyridine rings is 1. The number of ether oxygens (including phenoxy) is 1. The number of hydrogen-bond donors (Lipinski definition) is 0. The number of anilines is 1. The molecule has 0 spiro atoms. The number of benzene rings is 2. The second-order valence-corrected chi connectivity index (χ2v) is 6.96. The summed E-state index contributed by atoms with van der Waals surface area (Å²) in [5, 5.41) is 0.438. The Kier molecular flexibility index (Phi) is 6.01. The molecule has 0 bridgehead atoms. The summed E-state index contributed by atoms with van der Waals surface area (Å²) >= 11 is 0. The van der Waals surface area contributed by atoms with Crippen LogP contribution < -0.4 is 15.2 Å². The van der Waals surface area contributed by atoms with Crippen LogP contribution in [0, 0.1) is 5.82 Å². The molecule has 8 heteroatoms. The zero-order valence-electron chi connectivity index (χ0n) is 17.6. The van der Waals surface area contributed by atoms with Crippen LogP contribution in [0.3, 0.4) is 0 Å². The van der Waals surface area contributed by atoms with Crippen LogP contribution in [0.5, 0.6) is 5.75 Å². The smallest absolute Gasteiger partial charge is 0.308 e. The summed E-state index contributed by atoms with van der Waals surface area (Å²) in [4.78, 5) is 51.7. The fraction of sp³-hybridized carbons (Fsp3) is 0.217. The van der Waals surface area contributed by atoms with Crippen molar-refractivity contribution in [2.45, 2.75) is 27.2 Å². The van der Waals surface area contributed by atoms with Crippen molar-refractivity contribution in [2.24, 2.45) is 7.05 Å². The molecule has 0 aliphatic carbocycles. The van der Waals surface area contributed by atoms with Crippen LogP contribution >= 0.6 is 0 Å². The Morgan fingerprint density at radius 3 is 2.26 bits per heavy atom. The molecule has 160 valence electrons. The van der Waals surface area contributed by atoms with Gasteiger partial charge in [-0.2, -0.15) is 0 Å². The minimum atomic E-state index is -0.969. The average molecular weight is 424 g/mol. The second-order valence-electron chi connectivity index (χ2n) is 6.96. The molecule has 2 aromatic carbocycles. The number of aryl methyl sites for hydroxylation is 2. The van der Waals surface area contributed by atoms with Crippen LogP contribution in [0.2, 0.25) is 0 Å². The van der Waals surface area contributed by atoms with Gasteiger partial charge in [0, 0.05) is 26.3 Å². The quantitative estimate of drug-likeness (QED) is 0.600. The van der Waals surface area contributed by atoms with Crippen molar-refractivity contribution >= 4 is 34.4 Å². The van der Waals surface area contributed by atoms with Crippen molar-refractivity contribution in [2.75, 3.05) is 4.90 Å². The average Bonchev–Trinajstić information content (AvgIpc) is 2.72. The van der Waals surface area contributed by atoms with Gasteiger partial charge in [0.05, 0.1) is 11.2 Å². The first-order chi connectivity index (χ1) is 14.7. The molecule has 0 saturated heterocycles. The summed E-state index contributed by atoms with van der Waals surface area (Å²) in [5.74, 6) is -3.11. The maximum absolute atomic E-state index is 13.5. The van der Waals surface area contributed by atoms with E-state index < -0.39 is 34.7 Å². The van der Waals surface area contributed by atoms with Gasteiger partial charge in [0.15, 0.2) is 5.75 Å². The third-order valence-electron chi connectivity index (χ3n) is 4.91. The normalized spacial score (nSPS) is 10.7. The lowest BCUT2D eigenvalue weighted by atomic mass is 10.0. The van der Waals surface area contributed by atoms with E-state index in [4.69, 9.17) is 4.74 Å². The Morgan fingerprint density at radius 1 is 1.06 bits per heavy atom. The molecular formula is C23H21FN2O5. The Labute approximate surface area is 177 Å². The molecule has 0 atom stereocenters. The monoisotopic (exact) mass is 424 g/mol. The van der Waals surface area contributed by atoms with E-state index in [1.807, 2.05) is 6.92 Å². The fourth-order valence-electron chi connectivity index (χ4n) is 3.50. The highest BCUT2D eigenvalue weighted by molar-refractivity contribution is 6.22. The minimum absolute atomic E-state index is 0.0820. The predicted molar refractivity (Wildman–Crippen MR) is 114 cm³/mol. The molecule has 3 rings (SSSR count). The summed E-state index contributed by atoms with van der Waals surface area (Å²) in [5.41, 5.74) is 0.141. The number of carbonyl (C=O) groups excluding carboxylic acids is 3. The van der Waals surface area contributed by atoms with E-state index in [1.54, 1.807) is 18.2 Å². The Balaban J connectivity index is 2.38. The number of rotatable bonds is 4. The van der Waals surface area contributed by atoms with E-state index >= 15 is 0 Å². The van der Waals surface area contributed by atoms with Gasteiger partial charge in [-0.3, -0.25) is 19.2 Å². The summed E-state index contributed by atoms with van der Waals surface area (Å²) in [6.45, 7) is 4.20. The number of hydrogen-bond acceptors (Lipinski definition) is 5. The fourth-order valence-corrected chi connectivity index (χ4v) is 3.50. The third kappa shape index (κ3) is 3.96. The molecule has 0 fully saturated rings. The van der Waals surface area contributed by atoms with Gasteiger partial charge in [-0.05, 0) is 42.3 Å². The highest BCUT2D eigenvalue weighted by Crippen LogP contribution is 2.33. The van der Waals surface area contributed by atoms with Gasteiger partial charge in [0.1, 0.15) is 11.4 Å². The molecular weight excluding hydrogens is 403 g/mol. The van der Waals surface area contributed by atoms with E-state index in [0.717, 1.165) is 36.4 Å². The van der Waals surface area contributed by atoms with Gasteiger partial charge >= 0.3 is 5.97 Å². The van der Waals surface area contributed by atoms with Crippen molar-refractivity contribution in [1.82, 2.24) is 4.57 Å². The maximum atomic E-state index is 13.5. The summed E-state index contributed by atoms with van der Waals surface area (Å²) in [6.07, 6.45) is 0.547. The lowest BCUT2D eigenvalue weighted by molar-refractivity contribution is -0.131. The van der Waals surface area contributed by atoms with Crippen LogP contribution in [0.25, 0.3) is 10.9 Å². The molecule has 0 radical (unpaired) electrons. The van der Waals surface area contributed by atoms with Crippen LogP contribution in [0.15, 0.2) is 47.3 Å². The van der Waals surface area contributed by atoms with Crippen LogP contribution in [0.1, 0.15) is 36.7 Å². The van der Waals surface area contributed by atoms with Crippen LogP contribution in [-0.2, 0) is 23.1 Å². The molecule has 7 nitrogen and oxygen atoms in total. The number of carbonyl (C=O) groups is 3. The topological polar surface area (TPSA) is 85.7 Å². The van der Waals surface area contributed by atoms with Gasteiger partial charge in [-0.25, -0.2) is 9.29 Å². The molecule has 3 aromatic rings. The molecule has 0 saturated carbocycles. The minimum Gasteiger partial charge on any atom is -0.425 e. The van der Waals surface area contributed by atoms with E-state index in [9.17, 15) is 23.6 Å². The Bertz CT molecular complexity index is 1260. The summed E-state index contributed by atoms with van der Waals surface area (Å²) in [6, 6.07) is 9.95. The van der Waals surface area contributed by atoms with Crippen LogP contribution in [0.4, 0.5) is 10.1 Å². The second kappa shape index (κ2) is 8.51. The van der Waals surface area contributed by atoms with Gasteiger partial charge in [0.25, 0.3) is 11.5 Å². The standard InChI is InChI=1S/C23H21FN2O5/c1-5-15-7-6-8-18-19(15)21(31-14(3)28)20(22(29)25(18)4)23(30)26(13(2)27)17-11-9-16(24)10-12-17/h6-12H,5H2,1-4H3. The van der Waals surface area contributed by atoms with Crippen molar-refractivity contribution in [3.63, 3.8) is 0 Å². The van der Waals surface area contributed by atoms with Crippen molar-refractivity contribution in [3.8, 4) is 5.75 Å². The van der Waals surface area contributed by atoms with Gasteiger partial charge < -0.3 is 9.30 Å². The van der Waals surface area contributed by atoms with Gasteiger partial charge in [0.2, 0.25) is 5.91 Å². The van der Waals surface area contributed by atoms with Crippen molar-refractivity contribution in [3.05, 3.63) is 69.8 Å². The summed E-state index contributed by atoms with van der Waals surface area (Å²) in [7, 11) is 1.49. The van der Waals surface area contributed by atoms with Gasteiger partial charge in [-0.15, -0.1) is 0 Å². The Hall–Kier alpha value is -3.81. The molecule has 1 aromatic heterocycles. The first kappa shape index (κ1) is 21.9. The highest BCUT2D eigenvalue weighted by atomic mass is 19.1. The van der Waals surface area contributed by atoms with E-state index in [2.05, 4.69) is 0 Å². The number of imide groups is 1. The van der Waals surface area contributed by atoms with E-state index in [1.165, 1.54) is 23.7 Å². The number of amides is 2. The third-order valence-corrected chi connectivity index (χ3v) is 4.91. The number of aromatic nitrogens is 1. The number of fused-ring (bicyclic) bond motifs is 1. The summed E-state index contributed by atoms with van der Waals surface area (Å²) < 4.78 is 20.0. The zero-order valence-corrected chi connectivity index (χ0v) is 17.6. The van der Waals surface area contributed by atoms with E-state index in [-0.39, 0.29) is 11.4 Å². The van der Waals surface area contributed by atoms with Gasteiger partial charge in [-0.1, -0.05) is 19.1 Å². The number of esters is 1. The van der Waals surface area contributed by atoms with E-state index in [0.29, 0.717) is 17.3 Å². The maximum Gasteiger partial charge on any atom is 0.308 e. The molecule has 2 amide bonds. The first-order valence-corrected chi connectivity index (χ1v) is 9.61. The molecule has 0 aliphatic heterocycles. The lowest BCUT2D eigenvalue weighted by Gasteiger charge is -2.22. The first-order valence-electron chi connectivity index (χ1n) is 9.61. The molecule has 0 aliphatic rings. The number of halogens is 1. The largest absolute Gasteiger partial charge is 0.425 e. The van der Waals surface area contributed by atoms with Crippen molar-refractivity contribution in [1.29, 1.82) is 0 Å². The lowest BCUT2D eigenvalue weighted by Crippen LogP contribution is -2.40. The molecule has 0 unspecified atom stereocenters. The molecule has 31 heavy (non-hydrogen) atoms. The Morgan fingerprint density at radius 2 is 1.71 bits per heavy atom. The SMILES string of the molecule is CCc1cccc2c1c(OC(C)=O)c(C(=O)N(C(C)=O)c1ccc(F)cc1)c(=O)n2C. The molecule has 0 N–H and O–H groups in total. The highest BCUT2D eigenvalue weighted by Gasteiger charge is 2.31. The predicted octanol–water partition coefficient (Wildman–Crippen LogP) is 3.36. The van der Waals surface area contributed by atoms with Crippen LogP contribution in [-0.4, -0.2) is 22.4 Å². The zero-order chi connectivity index (χ0) is 22.9. The van der Waals surface area contributed by atoms with Crippen molar-refractivity contribution < 1.29 is 23.5 Å². The molecule has 1 heterocycles. The number of nitrogens with zero attached hydrogens (tertiary/aromatic N) is 2.